The van der Waals surface area contributed by atoms with Gasteiger partial charge in [-0.2, -0.15) is 0 Å². The Morgan fingerprint density at radius 3 is 1.62 bits per heavy atom. The lowest BCUT2D eigenvalue weighted by atomic mass is 10.0. The standard InChI is InChI=1S/C45H81O9P/c1-3-5-7-9-11-13-14-15-16-17-18-19-20-21-22-24-26-30-34-38-44(47)52-40-43(41-53-55(49,50)51)54-45(48)39-35-31-27-29-33-37-42(46)36-32-28-25-23-12-10-8-6-4-2/h12,23,27-29,32-33,37,42-43,46H,3-11,13-22,24-26,30-31,34-36,38-41H2,1-2H3,(H2,49,50,51)/b23-12-,29-27+,32-28-,37-33-/t42?,43-/m1/s1. The van der Waals surface area contributed by atoms with Crippen molar-refractivity contribution in [3.8, 4) is 0 Å². The highest BCUT2D eigenvalue weighted by atomic mass is 31.2. The van der Waals surface area contributed by atoms with Crippen LogP contribution >= 0.6 is 7.82 Å². The number of unbranched alkanes of at least 4 members (excludes halogenated alkanes) is 22. The second-order valence-corrected chi connectivity index (χ2v) is 16.1. The molecule has 0 radical (unpaired) electrons. The van der Waals surface area contributed by atoms with Gasteiger partial charge in [-0.3, -0.25) is 14.1 Å². The molecule has 0 rings (SSSR count). The summed E-state index contributed by atoms with van der Waals surface area (Å²) in [6.07, 6.45) is 45.8. The molecule has 0 fully saturated rings. The number of phosphoric acid groups is 1. The predicted molar refractivity (Wildman–Crippen MR) is 227 cm³/mol. The van der Waals surface area contributed by atoms with Gasteiger partial charge in [-0.05, 0) is 44.9 Å². The van der Waals surface area contributed by atoms with Crippen LogP contribution in [0.15, 0.2) is 48.6 Å². The molecule has 55 heavy (non-hydrogen) atoms. The number of phosphoric ester groups is 1. The molecule has 0 aromatic carbocycles. The van der Waals surface area contributed by atoms with Gasteiger partial charge >= 0.3 is 19.8 Å². The summed E-state index contributed by atoms with van der Waals surface area (Å²) >= 11 is 0. The smallest absolute Gasteiger partial charge is 0.462 e. The molecule has 0 aromatic rings. The van der Waals surface area contributed by atoms with Gasteiger partial charge in [-0.1, -0.05) is 191 Å². The molecule has 0 amide bonds. The van der Waals surface area contributed by atoms with Crippen molar-refractivity contribution in [2.24, 2.45) is 0 Å². The number of hydrogen-bond acceptors (Lipinski definition) is 7. The van der Waals surface area contributed by atoms with E-state index in [-0.39, 0.29) is 19.4 Å². The maximum absolute atomic E-state index is 12.4. The normalized spacial score (nSPS) is 13.5. The number of aliphatic hydroxyl groups is 1. The van der Waals surface area contributed by atoms with Crippen molar-refractivity contribution in [1.82, 2.24) is 0 Å². The zero-order chi connectivity index (χ0) is 40.5. The van der Waals surface area contributed by atoms with Crippen LogP contribution in [0.1, 0.15) is 200 Å². The number of ether oxygens (including phenoxy) is 2. The maximum Gasteiger partial charge on any atom is 0.469 e. The molecule has 0 aliphatic heterocycles. The zero-order valence-electron chi connectivity index (χ0n) is 34.9. The molecule has 0 saturated carbocycles. The number of carbonyl (C=O) groups excluding carboxylic acids is 2. The van der Waals surface area contributed by atoms with E-state index in [0.29, 0.717) is 25.7 Å². The Labute approximate surface area is 336 Å². The van der Waals surface area contributed by atoms with Crippen LogP contribution in [-0.2, 0) is 28.2 Å². The van der Waals surface area contributed by atoms with Gasteiger partial charge < -0.3 is 24.4 Å². The van der Waals surface area contributed by atoms with E-state index in [0.717, 1.165) is 32.1 Å². The summed E-state index contributed by atoms with van der Waals surface area (Å²) < 4.78 is 26.3. The van der Waals surface area contributed by atoms with Crippen LogP contribution in [0.3, 0.4) is 0 Å². The predicted octanol–water partition coefficient (Wildman–Crippen LogP) is 12.5. The summed E-state index contributed by atoms with van der Waals surface area (Å²) in [5.74, 6) is -1.01. The van der Waals surface area contributed by atoms with Gasteiger partial charge in [0.05, 0.1) is 12.7 Å². The van der Waals surface area contributed by atoms with Crippen molar-refractivity contribution in [1.29, 1.82) is 0 Å². The molecule has 0 aliphatic carbocycles. The van der Waals surface area contributed by atoms with Gasteiger partial charge in [-0.15, -0.1) is 0 Å². The molecule has 9 nitrogen and oxygen atoms in total. The average Bonchev–Trinajstić information content (AvgIpc) is 3.15. The van der Waals surface area contributed by atoms with Gasteiger partial charge in [0, 0.05) is 12.8 Å². The Morgan fingerprint density at radius 1 is 0.564 bits per heavy atom. The van der Waals surface area contributed by atoms with E-state index in [1.807, 2.05) is 18.2 Å². The van der Waals surface area contributed by atoms with E-state index in [1.54, 1.807) is 12.2 Å². The molecule has 320 valence electrons. The quantitative estimate of drug-likeness (QED) is 0.0182. The second-order valence-electron chi connectivity index (χ2n) is 14.9. The number of aliphatic hydroxyl groups excluding tert-OH is 1. The maximum atomic E-state index is 12.4. The highest BCUT2D eigenvalue weighted by molar-refractivity contribution is 7.46. The lowest BCUT2D eigenvalue weighted by molar-refractivity contribution is -0.161. The number of carbonyl (C=O) groups is 2. The molecule has 1 unspecified atom stereocenters. The second kappa shape index (κ2) is 40.2. The van der Waals surface area contributed by atoms with Crippen molar-refractivity contribution in [3.05, 3.63) is 48.6 Å². The molecule has 0 aliphatic rings. The van der Waals surface area contributed by atoms with Gasteiger partial charge in [-0.25, -0.2) is 4.57 Å². The van der Waals surface area contributed by atoms with Gasteiger partial charge in [0.15, 0.2) is 6.10 Å². The summed E-state index contributed by atoms with van der Waals surface area (Å²) in [6.45, 7) is 3.55. The summed E-state index contributed by atoms with van der Waals surface area (Å²) in [7, 11) is -4.79. The van der Waals surface area contributed by atoms with Crippen molar-refractivity contribution < 1.29 is 43.0 Å². The summed E-state index contributed by atoms with van der Waals surface area (Å²) in [5.41, 5.74) is 0. The Balaban J connectivity index is 4.04. The summed E-state index contributed by atoms with van der Waals surface area (Å²) in [4.78, 5) is 42.9. The van der Waals surface area contributed by atoms with E-state index < -0.39 is 38.6 Å². The van der Waals surface area contributed by atoms with E-state index in [1.165, 1.54) is 116 Å². The third kappa shape index (κ3) is 42.9. The third-order valence-electron chi connectivity index (χ3n) is 9.43. The van der Waals surface area contributed by atoms with Crippen LogP contribution in [0.4, 0.5) is 0 Å². The first-order valence-electron chi connectivity index (χ1n) is 22.0. The Kier molecular flexibility index (Phi) is 38.7. The van der Waals surface area contributed by atoms with Crippen molar-refractivity contribution >= 4 is 19.8 Å². The highest BCUT2D eigenvalue weighted by Gasteiger charge is 2.22. The molecule has 2 atom stereocenters. The molecule has 0 bridgehead atoms. The molecular formula is C45H81O9P. The molecule has 3 N–H and O–H groups in total. The fourth-order valence-corrected chi connectivity index (χ4v) is 6.45. The van der Waals surface area contributed by atoms with Crippen molar-refractivity contribution in [2.45, 2.75) is 212 Å². The third-order valence-corrected chi connectivity index (χ3v) is 9.92. The largest absolute Gasteiger partial charge is 0.469 e. The minimum Gasteiger partial charge on any atom is -0.462 e. The number of allylic oxidation sites excluding steroid dienone is 6. The number of rotatable bonds is 40. The van der Waals surface area contributed by atoms with E-state index >= 15 is 0 Å². The SMILES string of the molecule is CCCCC/C=C\C/C=C\CC(O)/C=C\C=C\CCCC(=O)O[C@H](COC(=O)CCCCCCCCCCCCCCCCCCCCC)COP(=O)(O)O. The van der Waals surface area contributed by atoms with Crippen molar-refractivity contribution in [2.75, 3.05) is 13.2 Å². The Morgan fingerprint density at radius 2 is 1.05 bits per heavy atom. The van der Waals surface area contributed by atoms with E-state index in [2.05, 4.69) is 36.6 Å². The molecule has 0 saturated heterocycles. The molecular weight excluding hydrogens is 715 g/mol. The lowest BCUT2D eigenvalue weighted by Gasteiger charge is -2.18. The van der Waals surface area contributed by atoms with E-state index in [9.17, 15) is 19.3 Å². The van der Waals surface area contributed by atoms with Gasteiger partial charge in [0.2, 0.25) is 0 Å². The number of esters is 2. The van der Waals surface area contributed by atoms with Gasteiger partial charge in [0.25, 0.3) is 0 Å². The zero-order valence-corrected chi connectivity index (χ0v) is 35.8. The van der Waals surface area contributed by atoms with Crippen LogP contribution < -0.4 is 0 Å². The molecule has 10 heteroatoms. The molecule has 0 heterocycles. The van der Waals surface area contributed by atoms with Crippen LogP contribution in [0.25, 0.3) is 0 Å². The minimum absolute atomic E-state index is 0.0776. The highest BCUT2D eigenvalue weighted by Crippen LogP contribution is 2.36. The van der Waals surface area contributed by atoms with Crippen molar-refractivity contribution in [3.63, 3.8) is 0 Å². The average molecular weight is 797 g/mol. The first-order valence-corrected chi connectivity index (χ1v) is 23.6. The van der Waals surface area contributed by atoms with Crippen LogP contribution in [0, 0.1) is 0 Å². The molecule has 0 aromatic heterocycles. The summed E-state index contributed by atoms with van der Waals surface area (Å²) in [6, 6.07) is 0. The Hall–Kier alpha value is -2.03. The Bertz CT molecular complexity index is 1050. The lowest BCUT2D eigenvalue weighted by Crippen LogP contribution is -2.29. The fraction of sp³-hybridized carbons (Fsp3) is 0.778. The fourth-order valence-electron chi connectivity index (χ4n) is 6.09. The van der Waals surface area contributed by atoms with Gasteiger partial charge in [0.1, 0.15) is 6.61 Å². The first-order chi connectivity index (χ1) is 26.7. The van der Waals surface area contributed by atoms with E-state index in [4.69, 9.17) is 19.3 Å². The first kappa shape index (κ1) is 53.0. The molecule has 0 spiro atoms. The summed E-state index contributed by atoms with van der Waals surface area (Å²) in [5, 5.41) is 10.1. The topological polar surface area (TPSA) is 140 Å². The van der Waals surface area contributed by atoms with Crippen LogP contribution in [0.2, 0.25) is 0 Å². The monoisotopic (exact) mass is 797 g/mol. The van der Waals surface area contributed by atoms with Crippen LogP contribution in [-0.4, -0.2) is 52.3 Å². The van der Waals surface area contributed by atoms with Crippen LogP contribution in [0.5, 0.6) is 0 Å². The number of hydrogen-bond donors (Lipinski definition) is 3. The minimum atomic E-state index is -4.79.